The summed E-state index contributed by atoms with van der Waals surface area (Å²) in [6.07, 6.45) is 3.85. The third-order valence-corrected chi connectivity index (χ3v) is 7.68. The lowest BCUT2D eigenvalue weighted by Gasteiger charge is -2.36. The highest BCUT2D eigenvalue weighted by atomic mass is 32.1. The van der Waals surface area contributed by atoms with Gasteiger partial charge in [0.05, 0.1) is 26.9 Å². The number of nitrogens with one attached hydrogen (secondary N) is 1. The number of ether oxygens (including phenoxy) is 3. The molecule has 0 aliphatic heterocycles. The first-order chi connectivity index (χ1) is 14.7. The van der Waals surface area contributed by atoms with Crippen LogP contribution in [0.5, 0.6) is 11.5 Å². The van der Waals surface area contributed by atoms with Gasteiger partial charge in [0.15, 0.2) is 0 Å². The molecule has 1 aliphatic rings. The highest BCUT2D eigenvalue weighted by molar-refractivity contribution is 7.17. The minimum absolute atomic E-state index is 0.230. The quantitative estimate of drug-likeness (QED) is 0.582. The molecule has 1 aromatic heterocycles. The molecule has 0 fully saturated rings. The number of rotatable bonds is 7. The molecular weight excluding hydrogens is 414 g/mol. The Hall–Kier alpha value is -2.54. The molecule has 0 saturated carbocycles. The van der Waals surface area contributed by atoms with Crippen molar-refractivity contribution in [3.8, 4) is 11.5 Å². The molecule has 3 rings (SSSR count). The van der Waals surface area contributed by atoms with Crippen molar-refractivity contribution >= 4 is 28.2 Å². The van der Waals surface area contributed by atoms with Gasteiger partial charge < -0.3 is 19.5 Å². The lowest BCUT2D eigenvalue weighted by atomic mass is 9.69. The fourth-order valence-corrected chi connectivity index (χ4v) is 5.37. The first-order valence-electron chi connectivity index (χ1n) is 10.5. The number of carbonyl (C=O) groups is 2. The number of anilines is 1. The fraction of sp³-hybridized carbons (Fsp3) is 0.500. The van der Waals surface area contributed by atoms with Crippen LogP contribution in [0.2, 0.25) is 0 Å². The van der Waals surface area contributed by atoms with Crippen molar-refractivity contribution < 1.29 is 23.8 Å². The maximum absolute atomic E-state index is 13.0. The van der Waals surface area contributed by atoms with Crippen LogP contribution in [0.3, 0.4) is 0 Å². The van der Waals surface area contributed by atoms with Crippen molar-refractivity contribution in [2.45, 2.75) is 46.5 Å². The number of thiophene rings is 1. The third-order valence-electron chi connectivity index (χ3n) is 6.51. The van der Waals surface area contributed by atoms with E-state index in [4.69, 9.17) is 14.2 Å². The van der Waals surface area contributed by atoms with Gasteiger partial charge in [0.1, 0.15) is 16.5 Å². The lowest BCUT2D eigenvalue weighted by molar-refractivity contribution is 0.0600. The summed E-state index contributed by atoms with van der Waals surface area (Å²) < 4.78 is 15.6. The molecule has 0 bridgehead atoms. The Balaban J connectivity index is 1.95. The molecule has 0 radical (unpaired) electrons. The largest absolute Gasteiger partial charge is 0.497 e. The van der Waals surface area contributed by atoms with Crippen LogP contribution in [-0.2, 0) is 17.6 Å². The first kappa shape index (κ1) is 23.1. The average molecular weight is 446 g/mol. The van der Waals surface area contributed by atoms with E-state index in [0.717, 1.165) is 36.1 Å². The van der Waals surface area contributed by atoms with Gasteiger partial charge in [0.2, 0.25) is 0 Å². The van der Waals surface area contributed by atoms with Crippen LogP contribution in [-0.4, -0.2) is 33.2 Å². The van der Waals surface area contributed by atoms with Gasteiger partial charge in [-0.1, -0.05) is 27.2 Å². The SMILES string of the molecule is CCC(C)(C)[C@H]1CCc2c(sc(NC(=O)c3cc(OC)cc(OC)c3)c2C(=O)OC)C1. The van der Waals surface area contributed by atoms with Gasteiger partial charge in [-0.3, -0.25) is 4.79 Å². The summed E-state index contributed by atoms with van der Waals surface area (Å²) in [6.45, 7) is 6.82. The van der Waals surface area contributed by atoms with Gasteiger partial charge in [-0.05, 0) is 48.3 Å². The number of hydrogen-bond donors (Lipinski definition) is 1. The number of amides is 1. The van der Waals surface area contributed by atoms with Crippen LogP contribution in [0.25, 0.3) is 0 Å². The second-order valence-electron chi connectivity index (χ2n) is 8.54. The Labute approximate surface area is 187 Å². The second kappa shape index (κ2) is 9.30. The Kier molecular flexibility index (Phi) is 6.94. The van der Waals surface area contributed by atoms with E-state index >= 15 is 0 Å². The molecule has 0 saturated heterocycles. The van der Waals surface area contributed by atoms with E-state index < -0.39 is 5.97 Å². The van der Waals surface area contributed by atoms with Gasteiger partial charge in [-0.15, -0.1) is 11.3 Å². The fourth-order valence-electron chi connectivity index (χ4n) is 4.06. The Morgan fingerprint density at radius 2 is 1.77 bits per heavy atom. The van der Waals surface area contributed by atoms with Crippen molar-refractivity contribution in [2.24, 2.45) is 11.3 Å². The summed E-state index contributed by atoms with van der Waals surface area (Å²) in [5.41, 5.74) is 2.12. The predicted molar refractivity (Wildman–Crippen MR) is 123 cm³/mol. The summed E-state index contributed by atoms with van der Waals surface area (Å²) in [5.74, 6) is 0.844. The Morgan fingerprint density at radius 3 is 2.32 bits per heavy atom. The average Bonchev–Trinajstić information content (AvgIpc) is 3.14. The van der Waals surface area contributed by atoms with Gasteiger partial charge >= 0.3 is 5.97 Å². The lowest BCUT2D eigenvalue weighted by Crippen LogP contribution is -2.28. The molecule has 2 aromatic rings. The minimum Gasteiger partial charge on any atom is -0.497 e. The summed E-state index contributed by atoms with van der Waals surface area (Å²) in [7, 11) is 4.44. The minimum atomic E-state index is -0.413. The number of fused-ring (bicyclic) bond motifs is 1. The number of carbonyl (C=O) groups excluding carboxylic acids is 2. The third kappa shape index (κ3) is 4.71. The molecule has 7 heteroatoms. The van der Waals surface area contributed by atoms with Gasteiger partial charge in [-0.25, -0.2) is 4.79 Å². The van der Waals surface area contributed by atoms with E-state index in [9.17, 15) is 9.59 Å². The van der Waals surface area contributed by atoms with Crippen molar-refractivity contribution in [2.75, 3.05) is 26.6 Å². The molecule has 1 aromatic carbocycles. The summed E-state index contributed by atoms with van der Waals surface area (Å²) in [4.78, 5) is 26.8. The van der Waals surface area contributed by atoms with E-state index in [2.05, 4.69) is 26.1 Å². The zero-order chi connectivity index (χ0) is 22.8. The highest BCUT2D eigenvalue weighted by Crippen LogP contribution is 2.45. The maximum Gasteiger partial charge on any atom is 0.341 e. The summed E-state index contributed by atoms with van der Waals surface area (Å²) in [6, 6.07) is 4.99. The topological polar surface area (TPSA) is 73.9 Å². The van der Waals surface area contributed by atoms with Crippen LogP contribution in [0.1, 0.15) is 64.8 Å². The van der Waals surface area contributed by atoms with Gasteiger partial charge in [0.25, 0.3) is 5.91 Å². The molecule has 6 nitrogen and oxygen atoms in total. The van der Waals surface area contributed by atoms with Crippen LogP contribution in [0.15, 0.2) is 18.2 Å². The Morgan fingerprint density at radius 1 is 1.13 bits per heavy atom. The zero-order valence-corrected chi connectivity index (χ0v) is 19.9. The number of hydrogen-bond acceptors (Lipinski definition) is 6. The van der Waals surface area contributed by atoms with E-state index in [-0.39, 0.29) is 11.3 Å². The molecule has 168 valence electrons. The molecule has 0 unspecified atom stereocenters. The van der Waals surface area contributed by atoms with Crippen LogP contribution in [0, 0.1) is 11.3 Å². The molecule has 0 spiro atoms. The molecule has 1 N–H and O–H groups in total. The second-order valence-corrected chi connectivity index (χ2v) is 9.64. The van der Waals surface area contributed by atoms with E-state index in [1.54, 1.807) is 18.2 Å². The summed E-state index contributed by atoms with van der Waals surface area (Å²) >= 11 is 1.48. The molecule has 1 heterocycles. The van der Waals surface area contributed by atoms with Crippen molar-refractivity contribution in [1.82, 2.24) is 0 Å². The van der Waals surface area contributed by atoms with E-state index in [1.807, 2.05) is 0 Å². The predicted octanol–water partition coefficient (Wildman–Crippen LogP) is 5.35. The van der Waals surface area contributed by atoms with Crippen molar-refractivity contribution in [1.29, 1.82) is 0 Å². The van der Waals surface area contributed by atoms with Crippen molar-refractivity contribution in [3.05, 3.63) is 39.8 Å². The molecular formula is C24H31NO5S. The van der Waals surface area contributed by atoms with Gasteiger partial charge in [-0.2, -0.15) is 0 Å². The van der Waals surface area contributed by atoms with Crippen LogP contribution < -0.4 is 14.8 Å². The highest BCUT2D eigenvalue weighted by Gasteiger charge is 2.35. The first-order valence-corrected chi connectivity index (χ1v) is 11.3. The van der Waals surface area contributed by atoms with Gasteiger partial charge in [0, 0.05) is 16.5 Å². The van der Waals surface area contributed by atoms with E-state index in [1.165, 1.54) is 32.7 Å². The normalized spacial score (nSPS) is 15.7. The van der Waals surface area contributed by atoms with E-state index in [0.29, 0.717) is 33.5 Å². The number of benzene rings is 1. The molecule has 31 heavy (non-hydrogen) atoms. The Bertz CT molecular complexity index is 956. The molecule has 1 atom stereocenters. The maximum atomic E-state index is 13.0. The smallest absolute Gasteiger partial charge is 0.341 e. The summed E-state index contributed by atoms with van der Waals surface area (Å²) in [5, 5.41) is 3.48. The zero-order valence-electron chi connectivity index (χ0n) is 19.1. The monoisotopic (exact) mass is 445 g/mol. The standard InChI is InChI=1S/C24H31NO5S/c1-7-24(2,3)15-8-9-18-19(12-15)31-22(20(18)23(27)30-6)25-21(26)14-10-16(28-4)13-17(11-14)29-5/h10-11,13,15H,7-9,12H2,1-6H3,(H,25,26)/t15-/m0/s1. The molecule has 1 amide bonds. The van der Waals surface area contributed by atoms with Crippen molar-refractivity contribution in [3.63, 3.8) is 0 Å². The van der Waals surface area contributed by atoms with Crippen LogP contribution >= 0.6 is 11.3 Å². The number of methoxy groups -OCH3 is 3. The number of esters is 1. The molecule has 1 aliphatic carbocycles. The van der Waals surface area contributed by atoms with Crippen LogP contribution in [0.4, 0.5) is 5.00 Å².